The smallest absolute Gasteiger partial charge is 0.416 e. The molecule has 0 aliphatic carbocycles. The lowest BCUT2D eigenvalue weighted by molar-refractivity contribution is -0.137. The molecule has 3 N–H and O–H groups in total. The average Bonchev–Trinajstić information content (AvgIpc) is 3.31. The van der Waals surface area contributed by atoms with E-state index in [0.717, 1.165) is 23.3 Å². The number of hydrogen-bond donors (Lipinski definition) is 3. The van der Waals surface area contributed by atoms with Crippen LogP contribution in [-0.4, -0.2) is 21.2 Å². The summed E-state index contributed by atoms with van der Waals surface area (Å²) in [5.74, 6) is 1.03. The fourth-order valence-corrected chi connectivity index (χ4v) is 2.99. The minimum Gasteiger partial charge on any atom is -0.457 e. The Hall–Kier alpha value is -4.34. The van der Waals surface area contributed by atoms with E-state index in [0.29, 0.717) is 22.9 Å². The fraction of sp³-hybridized carbons (Fsp3) is 0.0870. The Morgan fingerprint density at radius 2 is 1.76 bits per heavy atom. The number of nitrogens with one attached hydrogen (secondary N) is 3. The van der Waals surface area contributed by atoms with E-state index in [2.05, 4.69) is 25.8 Å². The Balaban J connectivity index is 1.44. The Morgan fingerprint density at radius 3 is 2.45 bits per heavy atom. The van der Waals surface area contributed by atoms with Crippen LogP contribution in [0.15, 0.2) is 73.2 Å². The normalized spacial score (nSPS) is 11.2. The Bertz CT molecular complexity index is 1260. The highest BCUT2D eigenvalue weighted by molar-refractivity contribution is 6.00. The number of ether oxygens (including phenoxy) is 1. The van der Waals surface area contributed by atoms with Crippen molar-refractivity contribution >= 4 is 17.4 Å². The molecular weight excluding hydrogens is 435 g/mol. The predicted molar refractivity (Wildman–Crippen MR) is 117 cm³/mol. The van der Waals surface area contributed by atoms with Crippen LogP contribution in [0, 0.1) is 6.92 Å². The van der Waals surface area contributed by atoms with Gasteiger partial charge < -0.3 is 15.4 Å². The summed E-state index contributed by atoms with van der Waals surface area (Å²) in [6.07, 6.45) is 0.541. The number of aryl methyl sites for hydroxylation is 1. The number of amides is 2. The third kappa shape index (κ3) is 5.48. The van der Waals surface area contributed by atoms with Gasteiger partial charge in [-0.1, -0.05) is 6.07 Å². The van der Waals surface area contributed by atoms with Crippen molar-refractivity contribution in [1.29, 1.82) is 0 Å². The number of anilines is 2. The molecule has 33 heavy (non-hydrogen) atoms. The Kier molecular flexibility index (Phi) is 5.99. The molecule has 168 valence electrons. The zero-order valence-corrected chi connectivity index (χ0v) is 17.3. The number of rotatable bonds is 5. The van der Waals surface area contributed by atoms with Crippen molar-refractivity contribution in [2.75, 3.05) is 10.6 Å². The van der Waals surface area contributed by atoms with Crippen LogP contribution in [0.2, 0.25) is 0 Å². The van der Waals surface area contributed by atoms with Crippen molar-refractivity contribution in [1.82, 2.24) is 15.2 Å². The topological polar surface area (TPSA) is 91.9 Å². The summed E-state index contributed by atoms with van der Waals surface area (Å²) in [6.45, 7) is 1.81. The number of urea groups is 1. The first-order valence-electron chi connectivity index (χ1n) is 9.77. The molecule has 10 heteroatoms. The van der Waals surface area contributed by atoms with E-state index >= 15 is 0 Å². The van der Waals surface area contributed by atoms with Gasteiger partial charge in [0.15, 0.2) is 0 Å². The first-order chi connectivity index (χ1) is 15.8. The highest BCUT2D eigenvalue weighted by Gasteiger charge is 2.30. The molecule has 4 rings (SSSR count). The summed E-state index contributed by atoms with van der Waals surface area (Å²) in [5.41, 5.74) is 2.20. The van der Waals surface area contributed by atoms with Crippen molar-refractivity contribution in [3.63, 3.8) is 0 Å². The van der Waals surface area contributed by atoms with Gasteiger partial charge in [0.05, 0.1) is 17.5 Å². The van der Waals surface area contributed by atoms with Crippen molar-refractivity contribution in [3.8, 4) is 22.8 Å². The summed E-state index contributed by atoms with van der Waals surface area (Å²) < 4.78 is 44.0. The number of carbonyl (C=O) groups excluding carboxylic acids is 1. The molecule has 4 aromatic rings. The zero-order chi connectivity index (χ0) is 23.4. The molecule has 0 fully saturated rings. The Morgan fingerprint density at radius 1 is 1.00 bits per heavy atom. The average molecular weight is 453 g/mol. The van der Waals surface area contributed by atoms with E-state index < -0.39 is 17.8 Å². The van der Waals surface area contributed by atoms with E-state index in [4.69, 9.17) is 4.74 Å². The molecule has 0 spiro atoms. The number of aromatic nitrogens is 3. The minimum atomic E-state index is -4.44. The molecule has 0 atom stereocenters. The largest absolute Gasteiger partial charge is 0.457 e. The summed E-state index contributed by atoms with van der Waals surface area (Å²) >= 11 is 0. The molecule has 7 nitrogen and oxygen atoms in total. The van der Waals surface area contributed by atoms with E-state index in [9.17, 15) is 18.0 Å². The fourth-order valence-electron chi connectivity index (χ4n) is 2.99. The van der Waals surface area contributed by atoms with Gasteiger partial charge in [-0.05, 0) is 48.9 Å². The van der Waals surface area contributed by atoms with Gasteiger partial charge in [0.1, 0.15) is 11.5 Å². The van der Waals surface area contributed by atoms with E-state index in [-0.39, 0.29) is 5.69 Å². The van der Waals surface area contributed by atoms with E-state index in [1.807, 2.05) is 0 Å². The quantitative estimate of drug-likeness (QED) is 0.334. The lowest BCUT2D eigenvalue weighted by atomic mass is 10.2. The number of pyridine rings is 1. The number of nitrogens with zero attached hydrogens (tertiary/aromatic N) is 2. The Labute approximate surface area is 186 Å². The molecular formula is C23H18F3N5O2. The highest BCUT2D eigenvalue weighted by atomic mass is 19.4. The predicted octanol–water partition coefficient (Wildman–Crippen LogP) is 6.24. The highest BCUT2D eigenvalue weighted by Crippen LogP contribution is 2.31. The number of halogens is 3. The maximum absolute atomic E-state index is 12.7. The molecule has 2 aromatic carbocycles. The number of benzene rings is 2. The van der Waals surface area contributed by atoms with Crippen LogP contribution in [0.25, 0.3) is 11.3 Å². The van der Waals surface area contributed by atoms with Crippen LogP contribution >= 0.6 is 0 Å². The maximum Gasteiger partial charge on any atom is 0.416 e. The lowest BCUT2D eigenvalue weighted by Gasteiger charge is -2.13. The SMILES string of the molecule is Cc1ccc(Oc2ccnc(-c3cn[nH]c3)c2)cc1NC(=O)Nc1ccc(C(F)(F)F)cc1. The summed E-state index contributed by atoms with van der Waals surface area (Å²) in [6, 6.07) is 12.2. The number of aromatic amines is 1. The number of H-pyrrole nitrogens is 1. The zero-order valence-electron chi connectivity index (χ0n) is 17.3. The molecule has 0 aliphatic rings. The summed E-state index contributed by atoms with van der Waals surface area (Å²) in [7, 11) is 0. The minimum absolute atomic E-state index is 0.231. The lowest BCUT2D eigenvalue weighted by Crippen LogP contribution is -2.20. The molecule has 0 unspecified atom stereocenters. The standard InChI is InChI=1S/C23H18F3N5O2/c1-14-2-7-18(33-19-8-9-27-21(11-19)15-12-28-29-13-15)10-20(14)31-22(32)30-17-5-3-16(4-6-17)23(24,25)26/h2-13H,1H3,(H,28,29)(H2,30,31,32). The molecule has 0 bridgehead atoms. The summed E-state index contributed by atoms with van der Waals surface area (Å²) in [5, 5.41) is 11.8. The van der Waals surface area contributed by atoms with Gasteiger partial charge in [-0.2, -0.15) is 18.3 Å². The van der Waals surface area contributed by atoms with Crippen LogP contribution in [0.4, 0.5) is 29.3 Å². The summed E-state index contributed by atoms with van der Waals surface area (Å²) in [4.78, 5) is 16.6. The van der Waals surface area contributed by atoms with Crippen molar-refractivity contribution in [2.24, 2.45) is 0 Å². The van der Waals surface area contributed by atoms with E-state index in [1.54, 1.807) is 55.8 Å². The molecule has 2 aromatic heterocycles. The molecule has 2 heterocycles. The second-order valence-corrected chi connectivity index (χ2v) is 7.10. The van der Waals surface area contributed by atoms with E-state index in [1.165, 1.54) is 12.1 Å². The first kappa shape index (κ1) is 21.9. The van der Waals surface area contributed by atoms with Gasteiger partial charge in [0.2, 0.25) is 0 Å². The van der Waals surface area contributed by atoms with Gasteiger partial charge in [-0.3, -0.25) is 10.1 Å². The van der Waals surface area contributed by atoms with Crippen LogP contribution in [0.5, 0.6) is 11.5 Å². The third-order valence-electron chi connectivity index (χ3n) is 4.69. The number of carbonyl (C=O) groups is 1. The number of hydrogen-bond acceptors (Lipinski definition) is 4. The monoisotopic (exact) mass is 453 g/mol. The van der Waals surface area contributed by atoms with Crippen molar-refractivity contribution in [2.45, 2.75) is 13.1 Å². The second-order valence-electron chi connectivity index (χ2n) is 7.10. The third-order valence-corrected chi connectivity index (χ3v) is 4.69. The molecule has 0 radical (unpaired) electrons. The molecule has 0 saturated carbocycles. The van der Waals surface area contributed by atoms with Gasteiger partial charge in [0.25, 0.3) is 0 Å². The molecule has 0 saturated heterocycles. The second kappa shape index (κ2) is 9.03. The maximum atomic E-state index is 12.7. The van der Waals surface area contributed by atoms with Crippen LogP contribution < -0.4 is 15.4 Å². The molecule has 0 aliphatic heterocycles. The van der Waals surface area contributed by atoms with Gasteiger partial charge in [-0.25, -0.2) is 4.79 Å². The van der Waals surface area contributed by atoms with Crippen LogP contribution in [0.1, 0.15) is 11.1 Å². The van der Waals surface area contributed by atoms with Crippen LogP contribution in [-0.2, 0) is 6.18 Å². The van der Waals surface area contributed by atoms with Gasteiger partial charge in [0, 0.05) is 41.5 Å². The first-order valence-corrected chi connectivity index (χ1v) is 9.77. The van der Waals surface area contributed by atoms with Gasteiger partial charge >= 0.3 is 12.2 Å². The van der Waals surface area contributed by atoms with Crippen LogP contribution in [0.3, 0.4) is 0 Å². The van der Waals surface area contributed by atoms with Gasteiger partial charge in [-0.15, -0.1) is 0 Å². The van der Waals surface area contributed by atoms with Crippen molar-refractivity contribution in [3.05, 3.63) is 84.3 Å². The number of alkyl halides is 3. The molecule has 2 amide bonds. The van der Waals surface area contributed by atoms with Crippen molar-refractivity contribution < 1.29 is 22.7 Å².